The molecule has 6 aliphatic heterocycles. The number of methoxy groups -OCH3 is 1. The van der Waals surface area contributed by atoms with E-state index in [1.165, 1.54) is 18.2 Å². The fraction of sp³-hybridized carbons (Fsp3) is 0.364. The zero-order valence-electron chi connectivity index (χ0n) is 47.7. The highest BCUT2D eigenvalue weighted by Crippen LogP contribution is 2.45. The Kier molecular flexibility index (Phi) is 16.8. The third-order valence-corrected chi connectivity index (χ3v) is 16.9. The maximum Gasteiger partial charge on any atom is 0.339 e. The molecule has 6 heterocycles. The number of hydrogen-bond acceptors (Lipinski definition) is 12. The van der Waals surface area contributed by atoms with E-state index in [9.17, 15) is 34.3 Å². The van der Waals surface area contributed by atoms with Crippen molar-refractivity contribution < 1.29 is 52.5 Å². The lowest BCUT2D eigenvalue weighted by Crippen LogP contribution is -2.29. The summed E-state index contributed by atoms with van der Waals surface area (Å²) >= 11 is 0. The van der Waals surface area contributed by atoms with Crippen molar-refractivity contribution in [3.63, 3.8) is 0 Å². The number of aliphatic hydroxyl groups excluding tert-OH is 1. The molecule has 2 atom stereocenters. The molecule has 6 aromatic rings. The summed E-state index contributed by atoms with van der Waals surface area (Å²) in [4.78, 5) is 59.6. The summed E-state index contributed by atoms with van der Waals surface area (Å²) in [5, 5.41) is 29.6. The molecule has 12 rings (SSSR count). The van der Waals surface area contributed by atoms with Gasteiger partial charge in [-0.1, -0.05) is 18.2 Å². The Morgan fingerprint density at radius 3 is 1.39 bits per heavy atom. The third-order valence-electron chi connectivity index (χ3n) is 15.9. The van der Waals surface area contributed by atoms with E-state index in [0.717, 1.165) is 171 Å². The average molecular weight is 1120 g/mol. The molecule has 15 nitrogen and oxygen atoms in total. The van der Waals surface area contributed by atoms with Crippen molar-refractivity contribution in [2.45, 2.75) is 130 Å². The normalized spacial score (nSPS) is 16.3. The Hall–Kier alpha value is -8.10. The second-order valence-electron chi connectivity index (χ2n) is 22.8. The molecule has 82 heavy (non-hydrogen) atoms. The Morgan fingerprint density at radius 1 is 0.585 bits per heavy atom. The first-order chi connectivity index (χ1) is 39.4. The van der Waals surface area contributed by atoms with E-state index < -0.39 is 26.5 Å². The summed E-state index contributed by atoms with van der Waals surface area (Å²) in [5.41, 5.74) is 19.4. The number of rotatable bonds is 9. The van der Waals surface area contributed by atoms with Gasteiger partial charge in [-0.25, -0.2) is 4.79 Å². The van der Waals surface area contributed by atoms with E-state index in [2.05, 4.69) is 65.9 Å². The van der Waals surface area contributed by atoms with Crippen LogP contribution in [-0.2, 0) is 66.9 Å². The molecule has 0 radical (unpaired) electrons. The number of benzene rings is 6. The molecule has 0 saturated heterocycles. The van der Waals surface area contributed by atoms with Crippen molar-refractivity contribution in [2.75, 3.05) is 42.9 Å². The molecule has 4 N–H and O–H groups in total. The first-order valence-electron chi connectivity index (χ1n) is 28.4. The molecule has 16 heteroatoms. The molecule has 0 saturated carbocycles. The highest BCUT2D eigenvalue weighted by atomic mass is 28.4. The van der Waals surface area contributed by atoms with Gasteiger partial charge in [-0.05, 0) is 236 Å². The standard InChI is InChI=1S/C24H28N2O3Si.C22H23NO5.C20H19NO3/c1-15-12-19-18(8-10-22(27)26-19)24(21(14-25)29-30(2,3)4)23(15)17-7-9-20-16(13-17)6-5-11-28-20;1-12-10-16-15(6-8-18(24)23-16)20(21(25)22(26)27-2)19(12)14-5-7-17-13(11-14)4-3-9-28-17;1-12-9-17-15(5-7-19(23)21-17)16(11-22)20(12)14-4-6-18-13(10-14)3-2-8-24-18/h7,9,12-13,21H,5-6,8,10-11H2,1-4H3,(H,26,27);5,7,10-11,21,25H,3-4,6,8-9H2,1-2H3,(H,23,24);4,6,9-11H,2-3,5,7-8H2,1H3,(H,21,23). The number of carbonyl (C=O) groups is 5. The third kappa shape index (κ3) is 12.0. The number of anilines is 3. The number of fused-ring (bicyclic) bond motifs is 6. The number of nitriles is 1. The second-order valence-corrected chi connectivity index (χ2v) is 27.2. The Labute approximate surface area is 479 Å². The van der Waals surface area contributed by atoms with Gasteiger partial charge < -0.3 is 44.4 Å². The van der Waals surface area contributed by atoms with Crippen LogP contribution in [0, 0.1) is 32.1 Å². The Balaban J connectivity index is 0.000000139. The van der Waals surface area contributed by atoms with Gasteiger partial charge in [0.05, 0.1) is 33.0 Å². The van der Waals surface area contributed by atoms with E-state index in [0.29, 0.717) is 55.3 Å². The fourth-order valence-electron chi connectivity index (χ4n) is 12.3. The number of amides is 3. The number of nitrogens with one attached hydrogen (secondary N) is 3. The van der Waals surface area contributed by atoms with Crippen molar-refractivity contribution >= 4 is 55.4 Å². The Morgan fingerprint density at radius 2 is 0.976 bits per heavy atom. The van der Waals surface area contributed by atoms with Gasteiger partial charge in [-0.3, -0.25) is 19.2 Å². The highest BCUT2D eigenvalue weighted by Gasteiger charge is 2.34. The van der Waals surface area contributed by atoms with Gasteiger partial charge in [0.25, 0.3) is 0 Å². The molecule has 0 aromatic heterocycles. The van der Waals surface area contributed by atoms with Crippen LogP contribution < -0.4 is 30.2 Å². The fourth-order valence-corrected chi connectivity index (χ4v) is 13.2. The largest absolute Gasteiger partial charge is 0.493 e. The van der Waals surface area contributed by atoms with Crippen molar-refractivity contribution in [1.29, 1.82) is 5.26 Å². The summed E-state index contributed by atoms with van der Waals surface area (Å²) in [7, 11) is -0.722. The number of aryl methyl sites for hydroxylation is 6. The van der Waals surface area contributed by atoms with Crippen molar-refractivity contribution in [2.24, 2.45) is 0 Å². The summed E-state index contributed by atoms with van der Waals surface area (Å²) in [6.45, 7) is 14.5. The topological polar surface area (TPSA) is 212 Å². The number of ether oxygens (including phenoxy) is 4. The van der Waals surface area contributed by atoms with Crippen LogP contribution in [0.4, 0.5) is 17.1 Å². The lowest BCUT2D eigenvalue weighted by Gasteiger charge is -2.30. The Bertz CT molecular complexity index is 3610. The van der Waals surface area contributed by atoms with Gasteiger partial charge in [-0.2, -0.15) is 5.26 Å². The molecule has 424 valence electrons. The van der Waals surface area contributed by atoms with Crippen LogP contribution in [0.25, 0.3) is 33.4 Å². The molecule has 0 bridgehead atoms. The first kappa shape index (κ1) is 57.1. The molecule has 0 fully saturated rings. The summed E-state index contributed by atoms with van der Waals surface area (Å²) in [5.74, 6) is 2.03. The van der Waals surface area contributed by atoms with Gasteiger partial charge in [-0.15, -0.1) is 0 Å². The minimum atomic E-state index is -1.98. The first-order valence-corrected chi connectivity index (χ1v) is 31.8. The van der Waals surface area contributed by atoms with Crippen LogP contribution in [0.1, 0.15) is 122 Å². The number of carbonyl (C=O) groups excluding carboxylic acids is 5. The molecule has 3 amide bonds. The van der Waals surface area contributed by atoms with E-state index in [-0.39, 0.29) is 17.7 Å². The molecular formula is C66H70N4O11Si. The smallest absolute Gasteiger partial charge is 0.339 e. The molecule has 6 aliphatic rings. The zero-order valence-corrected chi connectivity index (χ0v) is 48.7. The maximum atomic E-state index is 12.2. The highest BCUT2D eigenvalue weighted by molar-refractivity contribution is 6.69. The molecule has 0 spiro atoms. The van der Waals surface area contributed by atoms with Crippen LogP contribution in [0.15, 0.2) is 72.8 Å². The van der Waals surface area contributed by atoms with Crippen LogP contribution in [-0.4, -0.2) is 70.3 Å². The average Bonchev–Trinajstić information content (AvgIpc) is 3.26. The zero-order chi connectivity index (χ0) is 58.0. The van der Waals surface area contributed by atoms with E-state index in [1.54, 1.807) is 0 Å². The lowest BCUT2D eigenvalue weighted by atomic mass is 9.84. The summed E-state index contributed by atoms with van der Waals surface area (Å²) in [6, 6.07) is 26.8. The van der Waals surface area contributed by atoms with Gasteiger partial charge in [0, 0.05) is 53.0 Å². The van der Waals surface area contributed by atoms with Crippen LogP contribution in [0.2, 0.25) is 19.6 Å². The lowest BCUT2D eigenvalue weighted by molar-refractivity contribution is -0.150. The number of esters is 1. The van der Waals surface area contributed by atoms with Gasteiger partial charge in [0.1, 0.15) is 17.2 Å². The van der Waals surface area contributed by atoms with Gasteiger partial charge >= 0.3 is 5.97 Å². The van der Waals surface area contributed by atoms with E-state index in [4.69, 9.17) is 23.4 Å². The minimum absolute atomic E-state index is 0.0115. The van der Waals surface area contributed by atoms with Gasteiger partial charge in [0.2, 0.25) is 17.7 Å². The number of aliphatic hydroxyl groups is 1. The number of nitrogens with zero attached hydrogens (tertiary/aromatic N) is 1. The molecule has 0 aliphatic carbocycles. The summed E-state index contributed by atoms with van der Waals surface area (Å²) < 4.78 is 28.3. The van der Waals surface area contributed by atoms with Crippen LogP contribution in [0.3, 0.4) is 0 Å². The van der Waals surface area contributed by atoms with Crippen molar-refractivity contribution in [1.82, 2.24) is 0 Å². The van der Waals surface area contributed by atoms with Gasteiger partial charge in [0.15, 0.2) is 26.8 Å². The minimum Gasteiger partial charge on any atom is -0.493 e. The van der Waals surface area contributed by atoms with E-state index in [1.807, 2.05) is 69.3 Å². The monoisotopic (exact) mass is 1120 g/mol. The number of hydrogen-bond donors (Lipinski definition) is 4. The predicted molar refractivity (Wildman–Crippen MR) is 317 cm³/mol. The van der Waals surface area contributed by atoms with Crippen molar-refractivity contribution in [3.05, 3.63) is 140 Å². The molecular weight excluding hydrogens is 1050 g/mol. The SMILES string of the molecule is COC(=O)C(O)c1c2c(cc(C)c1-c1ccc3c(c1)CCCO3)NC(=O)CC2.Cc1cc2c(c(C(C#N)O[Si](C)(C)C)c1-c1ccc3c(c1)CCCO3)CCC(=O)N2.Cc1cc2c(c(C=O)c1-c1ccc3c(c1)CCCO3)CCC(=O)N2. The molecule has 2 unspecified atom stereocenters. The maximum absolute atomic E-state index is 12.2. The second kappa shape index (κ2) is 24.2. The van der Waals surface area contributed by atoms with E-state index >= 15 is 0 Å². The number of aldehydes is 1. The summed E-state index contributed by atoms with van der Waals surface area (Å²) in [6.07, 6.45) is 7.60. The van der Waals surface area contributed by atoms with Crippen molar-refractivity contribution in [3.8, 4) is 56.7 Å². The molecule has 6 aromatic carbocycles. The van der Waals surface area contributed by atoms with Crippen LogP contribution >= 0.6 is 0 Å². The quantitative estimate of drug-likeness (QED) is 0.0605. The van der Waals surface area contributed by atoms with Crippen LogP contribution in [0.5, 0.6) is 17.2 Å². The predicted octanol–water partition coefficient (Wildman–Crippen LogP) is 12.1.